The fraction of sp³-hybridized carbons (Fsp3) is 0.318. The van der Waals surface area contributed by atoms with E-state index < -0.39 is 17.9 Å². The Bertz CT molecular complexity index is 807. The van der Waals surface area contributed by atoms with E-state index in [2.05, 4.69) is 30.7 Å². The zero-order valence-corrected chi connectivity index (χ0v) is 18.0. The van der Waals surface area contributed by atoms with Gasteiger partial charge in [-0.05, 0) is 36.2 Å². The lowest BCUT2D eigenvalue weighted by molar-refractivity contribution is -0.159. The Morgan fingerprint density at radius 1 is 0.931 bits per heavy atom. The number of benzene rings is 2. The second kappa shape index (κ2) is 11.4. The van der Waals surface area contributed by atoms with Crippen molar-refractivity contribution >= 4 is 39.3 Å². The fourth-order valence-electron chi connectivity index (χ4n) is 2.94. The van der Waals surface area contributed by atoms with Crippen molar-refractivity contribution < 1.29 is 23.9 Å². The predicted octanol–water partition coefficient (Wildman–Crippen LogP) is 4.30. The lowest BCUT2D eigenvalue weighted by Gasteiger charge is -2.20. The van der Waals surface area contributed by atoms with Crippen LogP contribution in [0.2, 0.25) is 0 Å². The molecule has 0 saturated heterocycles. The van der Waals surface area contributed by atoms with Crippen molar-refractivity contribution in [3.63, 3.8) is 0 Å². The van der Waals surface area contributed by atoms with Crippen LogP contribution in [0, 0.1) is 5.92 Å². The molecule has 2 aromatic rings. The molecular formula is C22H24BrNO5. The maximum absolute atomic E-state index is 12.6. The second-order valence-electron chi connectivity index (χ2n) is 6.49. The van der Waals surface area contributed by atoms with Gasteiger partial charge in [-0.1, -0.05) is 46.3 Å². The minimum atomic E-state index is -1.09. The third-order valence-electron chi connectivity index (χ3n) is 4.50. The molecule has 0 bridgehead atoms. The summed E-state index contributed by atoms with van der Waals surface area (Å²) in [4.78, 5) is 36.2. The van der Waals surface area contributed by atoms with Crippen LogP contribution >= 0.6 is 15.9 Å². The van der Waals surface area contributed by atoms with E-state index in [-0.39, 0.29) is 31.1 Å². The molecule has 0 amide bonds. The molecule has 0 fully saturated rings. The van der Waals surface area contributed by atoms with Gasteiger partial charge in [0.1, 0.15) is 5.78 Å². The monoisotopic (exact) mass is 461 g/mol. The first-order valence-electron chi connectivity index (χ1n) is 9.19. The summed E-state index contributed by atoms with van der Waals surface area (Å²) in [5.74, 6) is -2.56. The molecule has 0 aromatic heterocycles. The third-order valence-corrected chi connectivity index (χ3v) is 5.03. The van der Waals surface area contributed by atoms with Crippen molar-refractivity contribution in [2.75, 3.05) is 19.5 Å². The van der Waals surface area contributed by atoms with Gasteiger partial charge in [-0.3, -0.25) is 14.4 Å². The molecular weight excluding hydrogens is 438 g/mol. The number of ketones is 1. The van der Waals surface area contributed by atoms with Crippen molar-refractivity contribution in [3.8, 4) is 0 Å². The van der Waals surface area contributed by atoms with Gasteiger partial charge in [0.15, 0.2) is 5.92 Å². The quantitative estimate of drug-likeness (QED) is 0.419. The summed E-state index contributed by atoms with van der Waals surface area (Å²) in [6.07, 6.45) is 0.341. The third kappa shape index (κ3) is 7.02. The molecule has 0 aliphatic rings. The van der Waals surface area contributed by atoms with E-state index in [1.165, 1.54) is 14.2 Å². The highest BCUT2D eigenvalue weighted by atomic mass is 79.9. The molecule has 0 spiro atoms. The largest absolute Gasteiger partial charge is 0.468 e. The molecule has 0 aliphatic carbocycles. The van der Waals surface area contributed by atoms with Gasteiger partial charge in [0.25, 0.3) is 0 Å². The number of halogens is 1. The lowest BCUT2D eigenvalue weighted by atomic mass is 9.96. The van der Waals surface area contributed by atoms with Gasteiger partial charge in [-0.15, -0.1) is 0 Å². The molecule has 2 rings (SSSR count). The SMILES string of the molecule is COC(=O)C(CCC(=O)C[C@H](Nc1ccc(Br)cc1)c1ccccc1)C(=O)OC. The van der Waals surface area contributed by atoms with E-state index in [0.29, 0.717) is 0 Å². The van der Waals surface area contributed by atoms with Gasteiger partial charge in [-0.25, -0.2) is 0 Å². The molecule has 0 unspecified atom stereocenters. The van der Waals surface area contributed by atoms with Crippen LogP contribution < -0.4 is 5.32 Å². The predicted molar refractivity (Wildman–Crippen MR) is 113 cm³/mol. The first-order valence-corrected chi connectivity index (χ1v) is 9.98. The molecule has 6 nitrogen and oxygen atoms in total. The van der Waals surface area contributed by atoms with Crippen molar-refractivity contribution in [1.82, 2.24) is 0 Å². The molecule has 2 aromatic carbocycles. The zero-order valence-electron chi connectivity index (χ0n) is 16.4. The van der Waals surface area contributed by atoms with Gasteiger partial charge in [0.05, 0.1) is 20.3 Å². The van der Waals surface area contributed by atoms with Crippen LogP contribution in [0.25, 0.3) is 0 Å². The van der Waals surface area contributed by atoms with Crippen LogP contribution in [0.3, 0.4) is 0 Å². The van der Waals surface area contributed by atoms with Crippen LogP contribution in [-0.4, -0.2) is 31.9 Å². The second-order valence-corrected chi connectivity index (χ2v) is 7.41. The zero-order chi connectivity index (χ0) is 21.2. The van der Waals surface area contributed by atoms with E-state index >= 15 is 0 Å². The number of hydrogen-bond acceptors (Lipinski definition) is 6. The van der Waals surface area contributed by atoms with Gasteiger partial charge in [0.2, 0.25) is 0 Å². The average molecular weight is 462 g/mol. The maximum Gasteiger partial charge on any atom is 0.320 e. The molecule has 0 aliphatic heterocycles. The summed E-state index contributed by atoms with van der Waals surface area (Å²) in [5, 5.41) is 3.38. The first kappa shape index (κ1) is 22.6. The highest BCUT2D eigenvalue weighted by Crippen LogP contribution is 2.25. The number of rotatable bonds is 10. The Kier molecular flexibility index (Phi) is 8.86. The fourth-order valence-corrected chi connectivity index (χ4v) is 3.20. The number of hydrogen-bond donors (Lipinski definition) is 1. The highest BCUT2D eigenvalue weighted by Gasteiger charge is 2.29. The topological polar surface area (TPSA) is 81.7 Å². The van der Waals surface area contributed by atoms with Crippen LogP contribution in [0.1, 0.15) is 30.9 Å². The van der Waals surface area contributed by atoms with Gasteiger partial charge in [0, 0.05) is 23.0 Å². The van der Waals surface area contributed by atoms with Crippen LogP contribution in [-0.2, 0) is 23.9 Å². The Morgan fingerprint density at radius 3 is 2.07 bits per heavy atom. The number of ether oxygens (including phenoxy) is 2. The molecule has 0 heterocycles. The standard InChI is InChI=1S/C22H24BrNO5/c1-28-21(26)19(22(27)29-2)13-12-18(25)14-20(15-6-4-3-5-7-15)24-17-10-8-16(23)9-11-17/h3-11,19-20,24H,12-14H2,1-2H3/t20-/m0/s1. The van der Waals surface area contributed by atoms with Crippen molar-refractivity contribution in [2.45, 2.75) is 25.3 Å². The van der Waals surface area contributed by atoms with Crippen LogP contribution in [0.4, 0.5) is 5.69 Å². The minimum Gasteiger partial charge on any atom is -0.468 e. The van der Waals surface area contributed by atoms with Gasteiger partial charge < -0.3 is 14.8 Å². The number of nitrogens with one attached hydrogen (secondary N) is 1. The number of methoxy groups -OCH3 is 2. The number of carbonyl (C=O) groups is 3. The molecule has 0 radical (unpaired) electrons. The number of carbonyl (C=O) groups excluding carboxylic acids is 3. The van der Waals surface area contributed by atoms with Crippen LogP contribution in [0.5, 0.6) is 0 Å². The molecule has 1 N–H and O–H groups in total. The van der Waals surface area contributed by atoms with Crippen molar-refractivity contribution in [3.05, 3.63) is 64.6 Å². The van der Waals surface area contributed by atoms with E-state index in [1.807, 2.05) is 54.6 Å². The summed E-state index contributed by atoms with van der Waals surface area (Å²) < 4.78 is 10.2. The van der Waals surface area contributed by atoms with Crippen LogP contribution in [0.15, 0.2) is 59.1 Å². The lowest BCUT2D eigenvalue weighted by Crippen LogP contribution is -2.27. The molecule has 7 heteroatoms. The summed E-state index contributed by atoms with van der Waals surface area (Å²) in [5.41, 5.74) is 1.86. The Morgan fingerprint density at radius 2 is 1.52 bits per heavy atom. The minimum absolute atomic E-state index is 0.0535. The van der Waals surface area contributed by atoms with Crippen molar-refractivity contribution in [2.24, 2.45) is 5.92 Å². The van der Waals surface area contributed by atoms with E-state index in [0.717, 1.165) is 15.7 Å². The van der Waals surface area contributed by atoms with E-state index in [9.17, 15) is 14.4 Å². The summed E-state index contributed by atoms with van der Waals surface area (Å²) in [6, 6.07) is 17.1. The maximum atomic E-state index is 12.6. The number of anilines is 1. The Balaban J connectivity index is 2.07. The van der Waals surface area contributed by atoms with Crippen molar-refractivity contribution in [1.29, 1.82) is 0 Å². The molecule has 0 saturated carbocycles. The Labute approximate surface area is 178 Å². The van der Waals surface area contributed by atoms with E-state index in [1.54, 1.807) is 0 Å². The highest BCUT2D eigenvalue weighted by molar-refractivity contribution is 9.10. The normalized spacial score (nSPS) is 11.6. The molecule has 154 valence electrons. The average Bonchev–Trinajstić information content (AvgIpc) is 2.75. The summed E-state index contributed by atoms with van der Waals surface area (Å²) in [6.45, 7) is 0. The molecule has 1 atom stereocenters. The molecule has 29 heavy (non-hydrogen) atoms. The number of esters is 2. The Hall–Kier alpha value is -2.67. The van der Waals surface area contributed by atoms with E-state index in [4.69, 9.17) is 0 Å². The summed E-state index contributed by atoms with van der Waals surface area (Å²) in [7, 11) is 2.40. The number of Topliss-reactive ketones (excluding diaryl/α,β-unsaturated/α-hetero) is 1. The smallest absolute Gasteiger partial charge is 0.320 e. The summed E-state index contributed by atoms with van der Waals surface area (Å²) >= 11 is 3.41. The van der Waals surface area contributed by atoms with Gasteiger partial charge >= 0.3 is 11.9 Å². The first-order chi connectivity index (χ1) is 13.9. The van der Waals surface area contributed by atoms with Gasteiger partial charge in [-0.2, -0.15) is 0 Å².